The molecule has 5 aliphatic rings. The molecule has 40 heavy (non-hydrogen) atoms. The van der Waals surface area contributed by atoms with Crippen LogP contribution in [0.25, 0.3) is 0 Å². The van der Waals surface area contributed by atoms with Gasteiger partial charge in [0.15, 0.2) is 11.5 Å². The molecule has 0 radical (unpaired) electrons. The second-order valence-corrected chi connectivity index (χ2v) is 11.0. The SMILES string of the molecule is O=C1[C@H]2[C@H]3[C@H](O)[C@H](O)CC(=NO[C@@H]4O[C@H](CO)[C@@H](O)[C@H](O)[C@H]4O)[C@H]3CC[C@H]2C(=O)N1Cc1ccc2c(c1)OCO2. The van der Waals surface area contributed by atoms with Crippen LogP contribution in [0.3, 0.4) is 0 Å². The molecule has 14 heteroatoms. The molecule has 1 aromatic rings. The molecule has 2 amide bonds. The van der Waals surface area contributed by atoms with Crippen LogP contribution < -0.4 is 9.47 Å². The molecule has 0 bridgehead atoms. The number of fused-ring (bicyclic) bond motifs is 4. The minimum absolute atomic E-state index is 0.0263. The summed E-state index contributed by atoms with van der Waals surface area (Å²) in [5.74, 6) is -2.52. The van der Waals surface area contributed by atoms with E-state index in [4.69, 9.17) is 19.0 Å². The van der Waals surface area contributed by atoms with E-state index in [0.29, 0.717) is 35.6 Å². The van der Waals surface area contributed by atoms with Gasteiger partial charge in [0, 0.05) is 18.3 Å². The summed E-state index contributed by atoms with van der Waals surface area (Å²) in [7, 11) is 0. The lowest BCUT2D eigenvalue weighted by atomic mass is 9.60. The molecule has 6 rings (SSSR count). The second kappa shape index (κ2) is 10.5. The summed E-state index contributed by atoms with van der Waals surface area (Å²) >= 11 is 0. The Morgan fingerprint density at radius 1 is 0.925 bits per heavy atom. The third-order valence-corrected chi connectivity index (χ3v) is 8.77. The summed E-state index contributed by atoms with van der Waals surface area (Å²) in [5.41, 5.74) is 0.994. The first-order chi connectivity index (χ1) is 19.2. The topological polar surface area (TPSA) is 208 Å². The molecule has 1 aromatic carbocycles. The number of aliphatic hydroxyl groups is 6. The molecule has 11 atom stereocenters. The van der Waals surface area contributed by atoms with Crippen LogP contribution in [0.5, 0.6) is 11.5 Å². The van der Waals surface area contributed by atoms with E-state index in [-0.39, 0.29) is 25.7 Å². The van der Waals surface area contributed by atoms with Gasteiger partial charge in [0.05, 0.1) is 42.9 Å². The van der Waals surface area contributed by atoms with Crippen LogP contribution in [0, 0.1) is 23.7 Å². The summed E-state index contributed by atoms with van der Waals surface area (Å²) in [5, 5.41) is 65.4. The van der Waals surface area contributed by atoms with E-state index in [1.54, 1.807) is 18.2 Å². The number of carbonyl (C=O) groups is 2. The Labute approximate surface area is 228 Å². The van der Waals surface area contributed by atoms with E-state index in [9.17, 15) is 40.2 Å². The number of aliphatic hydroxyl groups excluding tert-OH is 6. The quantitative estimate of drug-likeness (QED) is 0.167. The summed E-state index contributed by atoms with van der Waals surface area (Å²) in [6.07, 6.45) is -9.52. The molecule has 4 fully saturated rings. The highest BCUT2D eigenvalue weighted by Crippen LogP contribution is 2.50. The second-order valence-electron chi connectivity index (χ2n) is 11.0. The number of nitrogens with zero attached hydrogens (tertiary/aromatic N) is 2. The summed E-state index contributed by atoms with van der Waals surface area (Å²) in [4.78, 5) is 33.6. The molecule has 2 saturated heterocycles. The summed E-state index contributed by atoms with van der Waals surface area (Å²) in [6.45, 7) is -0.519. The minimum atomic E-state index is -1.67. The fourth-order valence-electron chi connectivity index (χ4n) is 6.69. The Balaban J connectivity index is 1.22. The van der Waals surface area contributed by atoms with Crippen molar-refractivity contribution in [1.82, 2.24) is 4.90 Å². The van der Waals surface area contributed by atoms with Gasteiger partial charge in [-0.25, -0.2) is 0 Å². The first-order valence-corrected chi connectivity index (χ1v) is 13.3. The van der Waals surface area contributed by atoms with Gasteiger partial charge < -0.3 is 49.7 Å². The lowest BCUT2D eigenvalue weighted by Crippen LogP contribution is -2.59. The zero-order valence-corrected chi connectivity index (χ0v) is 21.4. The lowest BCUT2D eigenvalue weighted by molar-refractivity contribution is -0.301. The Bertz CT molecular complexity index is 1190. The fraction of sp³-hybridized carbons (Fsp3) is 0.654. The monoisotopic (exact) mass is 564 g/mol. The molecule has 3 aliphatic heterocycles. The van der Waals surface area contributed by atoms with Crippen LogP contribution in [0.2, 0.25) is 0 Å². The van der Waals surface area contributed by atoms with Crippen LogP contribution in [0.1, 0.15) is 24.8 Å². The average molecular weight is 565 g/mol. The van der Waals surface area contributed by atoms with Gasteiger partial charge in [-0.05, 0) is 30.5 Å². The molecule has 218 valence electrons. The van der Waals surface area contributed by atoms with Crippen LogP contribution in [0.4, 0.5) is 0 Å². The zero-order chi connectivity index (χ0) is 28.3. The van der Waals surface area contributed by atoms with Crippen molar-refractivity contribution in [1.29, 1.82) is 0 Å². The highest BCUT2D eigenvalue weighted by atomic mass is 16.8. The highest BCUT2D eigenvalue weighted by molar-refractivity contribution is 6.06. The zero-order valence-electron chi connectivity index (χ0n) is 21.4. The van der Waals surface area contributed by atoms with Crippen LogP contribution >= 0.6 is 0 Å². The van der Waals surface area contributed by atoms with Crippen molar-refractivity contribution in [2.24, 2.45) is 28.8 Å². The average Bonchev–Trinajstić information content (AvgIpc) is 3.51. The first kappa shape index (κ1) is 27.3. The van der Waals surface area contributed by atoms with Crippen LogP contribution in [-0.2, 0) is 25.7 Å². The summed E-state index contributed by atoms with van der Waals surface area (Å²) in [6, 6.07) is 5.18. The van der Waals surface area contributed by atoms with Gasteiger partial charge in [-0.3, -0.25) is 14.5 Å². The van der Waals surface area contributed by atoms with Crippen LogP contribution in [-0.4, -0.2) is 109 Å². The molecule has 6 N–H and O–H groups in total. The molecular formula is C26H32N2O12. The van der Waals surface area contributed by atoms with Crippen molar-refractivity contribution in [3.8, 4) is 11.5 Å². The van der Waals surface area contributed by atoms with Gasteiger partial charge in [-0.2, -0.15) is 0 Å². The van der Waals surface area contributed by atoms with E-state index in [1.165, 1.54) is 4.90 Å². The van der Waals surface area contributed by atoms with Crippen molar-refractivity contribution in [3.63, 3.8) is 0 Å². The number of oxime groups is 1. The number of amides is 2. The first-order valence-electron chi connectivity index (χ1n) is 13.3. The molecule has 0 aromatic heterocycles. The largest absolute Gasteiger partial charge is 0.454 e. The number of imide groups is 1. The lowest BCUT2D eigenvalue weighted by Gasteiger charge is -2.45. The maximum absolute atomic E-state index is 13.6. The Kier molecular flexibility index (Phi) is 7.19. The highest BCUT2D eigenvalue weighted by Gasteiger charge is 2.59. The van der Waals surface area contributed by atoms with Gasteiger partial charge in [0.2, 0.25) is 18.6 Å². The minimum Gasteiger partial charge on any atom is -0.454 e. The molecule has 14 nitrogen and oxygen atoms in total. The van der Waals surface area contributed by atoms with Crippen molar-refractivity contribution < 1.29 is 59.3 Å². The third-order valence-electron chi connectivity index (χ3n) is 8.77. The normalized spacial score (nSPS) is 41.7. The van der Waals surface area contributed by atoms with E-state index < -0.39 is 79.1 Å². The Hall–Kier alpha value is -2.85. The Morgan fingerprint density at radius 2 is 1.68 bits per heavy atom. The molecule has 2 aliphatic carbocycles. The molecular weight excluding hydrogens is 532 g/mol. The number of rotatable bonds is 5. The van der Waals surface area contributed by atoms with Crippen molar-refractivity contribution in [3.05, 3.63) is 23.8 Å². The maximum atomic E-state index is 13.6. The van der Waals surface area contributed by atoms with Gasteiger partial charge in [-0.15, -0.1) is 0 Å². The molecule has 0 unspecified atom stereocenters. The summed E-state index contributed by atoms with van der Waals surface area (Å²) < 4.78 is 16.0. The predicted molar refractivity (Wildman–Crippen MR) is 130 cm³/mol. The molecule has 0 spiro atoms. The van der Waals surface area contributed by atoms with Crippen LogP contribution in [0.15, 0.2) is 23.4 Å². The van der Waals surface area contributed by atoms with Gasteiger partial charge in [-0.1, -0.05) is 11.2 Å². The number of likely N-dealkylation sites (tertiary alicyclic amines) is 1. The smallest absolute Gasteiger partial charge is 0.256 e. The van der Waals surface area contributed by atoms with Gasteiger partial charge in [0.1, 0.15) is 24.4 Å². The Morgan fingerprint density at radius 3 is 2.45 bits per heavy atom. The van der Waals surface area contributed by atoms with Gasteiger partial charge >= 0.3 is 0 Å². The van der Waals surface area contributed by atoms with Crippen molar-refractivity contribution >= 4 is 17.5 Å². The van der Waals surface area contributed by atoms with Crippen molar-refractivity contribution in [2.75, 3.05) is 13.4 Å². The van der Waals surface area contributed by atoms with E-state index in [1.807, 2.05) is 0 Å². The standard InChI is InChI=1S/C26H32N2O12/c29-8-17-21(32)22(33)23(34)26(39-17)40-27-13-6-14(30)20(31)18-11(13)2-3-12-19(18)25(36)28(24(12)35)7-10-1-4-15-16(5-10)38-9-37-15/h1,4-5,11-12,14,17-23,26,29-34H,2-3,6-9H2/t11-,12-,14-,17-,18+,19-,20-,21-,22+,23-,26+/m1/s1. The number of hydrogen-bond acceptors (Lipinski definition) is 13. The number of benzene rings is 1. The predicted octanol–water partition coefficient (Wildman–Crippen LogP) is -2.16. The third kappa shape index (κ3) is 4.43. The van der Waals surface area contributed by atoms with E-state index in [0.717, 1.165) is 0 Å². The fourth-order valence-corrected chi connectivity index (χ4v) is 6.69. The van der Waals surface area contributed by atoms with E-state index >= 15 is 0 Å². The molecule has 3 heterocycles. The maximum Gasteiger partial charge on any atom is 0.256 e. The number of hydrogen-bond donors (Lipinski definition) is 6. The van der Waals surface area contributed by atoms with Gasteiger partial charge in [0.25, 0.3) is 6.29 Å². The van der Waals surface area contributed by atoms with E-state index in [2.05, 4.69) is 5.16 Å². The van der Waals surface area contributed by atoms with Crippen molar-refractivity contribution in [2.45, 2.75) is 68.7 Å². The number of carbonyl (C=O) groups excluding carboxylic acids is 2. The molecule has 2 saturated carbocycles. The number of ether oxygens (including phenoxy) is 3.